The summed E-state index contributed by atoms with van der Waals surface area (Å²) in [5.41, 5.74) is 0. The van der Waals surface area contributed by atoms with Gasteiger partial charge >= 0.3 is 5.97 Å². The van der Waals surface area contributed by atoms with Crippen LogP contribution < -0.4 is 0 Å². The van der Waals surface area contributed by atoms with Gasteiger partial charge in [-0.15, -0.1) is 0 Å². The first-order valence-electron chi connectivity index (χ1n) is 4.71. The van der Waals surface area contributed by atoms with Crippen molar-refractivity contribution in [3.05, 3.63) is 12.2 Å². The predicted molar refractivity (Wildman–Crippen MR) is 52.1 cm³/mol. The first-order valence-corrected chi connectivity index (χ1v) is 4.71. The number of aliphatic hydroxyl groups is 1. The number of hydrogen-bond donors (Lipinski definition) is 1. The van der Waals surface area contributed by atoms with Crippen LogP contribution >= 0.6 is 0 Å². The monoisotopic (exact) mass is 216 g/mol. The lowest BCUT2D eigenvalue weighted by molar-refractivity contribution is -0.146. The number of carbonyl (C=O) groups is 1. The number of methoxy groups -OCH3 is 1. The molecule has 1 heterocycles. The normalized spacial score (nSPS) is 29.6. The smallest absolute Gasteiger partial charge is 0.330 e. The Morgan fingerprint density at radius 2 is 2.20 bits per heavy atom. The fraction of sp³-hybridized carbons (Fsp3) is 0.700. The van der Waals surface area contributed by atoms with Crippen LogP contribution in [-0.2, 0) is 19.0 Å². The van der Waals surface area contributed by atoms with E-state index in [1.54, 1.807) is 13.8 Å². The SMILES string of the molecule is COC(=O)/C=C/[C@H]1OC(C)(C)O[C@@H]1CO. The maximum absolute atomic E-state index is 10.9. The number of esters is 1. The molecular weight excluding hydrogens is 200 g/mol. The number of hydrogen-bond acceptors (Lipinski definition) is 5. The van der Waals surface area contributed by atoms with Crippen LogP contribution in [0.1, 0.15) is 13.8 Å². The van der Waals surface area contributed by atoms with Gasteiger partial charge in [0.15, 0.2) is 5.79 Å². The summed E-state index contributed by atoms with van der Waals surface area (Å²) in [5.74, 6) is -1.20. The molecule has 0 aromatic rings. The van der Waals surface area contributed by atoms with Crippen LogP contribution in [0.4, 0.5) is 0 Å². The lowest BCUT2D eigenvalue weighted by Gasteiger charge is -2.15. The van der Waals surface area contributed by atoms with Crippen LogP contribution in [0.2, 0.25) is 0 Å². The van der Waals surface area contributed by atoms with E-state index in [-0.39, 0.29) is 6.61 Å². The standard InChI is InChI=1S/C10H16O5/c1-10(2)14-7(8(6-11)15-10)4-5-9(12)13-3/h4-5,7-8,11H,6H2,1-3H3/b5-4+/t7-,8-/m1/s1. The number of ether oxygens (including phenoxy) is 3. The van der Waals surface area contributed by atoms with E-state index < -0.39 is 24.0 Å². The van der Waals surface area contributed by atoms with Crippen LogP contribution in [0.5, 0.6) is 0 Å². The molecule has 0 spiro atoms. The third-order valence-corrected chi connectivity index (χ3v) is 2.02. The molecule has 0 unspecified atom stereocenters. The second-order valence-corrected chi connectivity index (χ2v) is 3.70. The molecule has 1 N–H and O–H groups in total. The third kappa shape index (κ3) is 3.30. The number of carbonyl (C=O) groups excluding carboxylic acids is 1. The molecule has 2 atom stereocenters. The van der Waals surface area contributed by atoms with Crippen molar-refractivity contribution < 1.29 is 24.1 Å². The lowest BCUT2D eigenvalue weighted by atomic mass is 10.2. The average molecular weight is 216 g/mol. The Bertz CT molecular complexity index is 259. The van der Waals surface area contributed by atoms with Crippen LogP contribution in [0.15, 0.2) is 12.2 Å². The molecule has 0 aromatic heterocycles. The minimum atomic E-state index is -0.738. The molecule has 0 bridgehead atoms. The zero-order valence-electron chi connectivity index (χ0n) is 9.10. The number of rotatable bonds is 3. The summed E-state index contributed by atoms with van der Waals surface area (Å²) >= 11 is 0. The maximum atomic E-state index is 10.9. The Labute approximate surface area is 88.6 Å². The molecule has 15 heavy (non-hydrogen) atoms. The van der Waals surface area contributed by atoms with Crippen LogP contribution in [-0.4, -0.2) is 42.8 Å². The van der Waals surface area contributed by atoms with Gasteiger partial charge in [-0.3, -0.25) is 0 Å². The highest BCUT2D eigenvalue weighted by Gasteiger charge is 2.39. The molecule has 0 amide bonds. The minimum Gasteiger partial charge on any atom is -0.466 e. The van der Waals surface area contributed by atoms with E-state index in [4.69, 9.17) is 14.6 Å². The summed E-state index contributed by atoms with van der Waals surface area (Å²) in [5, 5.41) is 9.04. The van der Waals surface area contributed by atoms with Gasteiger partial charge in [0.25, 0.3) is 0 Å². The van der Waals surface area contributed by atoms with Crippen molar-refractivity contribution in [1.29, 1.82) is 0 Å². The predicted octanol–water partition coefficient (Wildman–Crippen LogP) is 0.228. The molecule has 1 aliphatic heterocycles. The molecule has 86 valence electrons. The second kappa shape index (κ2) is 4.74. The first-order chi connectivity index (χ1) is 6.98. The minimum absolute atomic E-state index is 0.153. The molecule has 0 radical (unpaired) electrons. The maximum Gasteiger partial charge on any atom is 0.330 e. The molecular formula is C10H16O5. The van der Waals surface area contributed by atoms with Crippen molar-refractivity contribution in [1.82, 2.24) is 0 Å². The first kappa shape index (κ1) is 12.2. The summed E-state index contributed by atoms with van der Waals surface area (Å²) in [7, 11) is 1.30. The fourth-order valence-corrected chi connectivity index (χ4v) is 1.41. The van der Waals surface area contributed by atoms with Gasteiger partial charge in [0.2, 0.25) is 0 Å². The van der Waals surface area contributed by atoms with E-state index in [0.29, 0.717) is 0 Å². The molecule has 0 saturated carbocycles. The van der Waals surface area contributed by atoms with Crippen molar-refractivity contribution in [3.8, 4) is 0 Å². The quantitative estimate of drug-likeness (QED) is 0.540. The van der Waals surface area contributed by atoms with E-state index in [1.807, 2.05) is 0 Å². The highest BCUT2D eigenvalue weighted by molar-refractivity contribution is 5.81. The Kier molecular flexibility index (Phi) is 3.84. The van der Waals surface area contributed by atoms with E-state index in [2.05, 4.69) is 4.74 Å². The van der Waals surface area contributed by atoms with Crippen LogP contribution in [0.25, 0.3) is 0 Å². The molecule has 1 rings (SSSR count). The summed E-state index contributed by atoms with van der Waals surface area (Å²) in [6.45, 7) is 3.35. The topological polar surface area (TPSA) is 65.0 Å². The van der Waals surface area contributed by atoms with Gasteiger partial charge in [0.1, 0.15) is 12.2 Å². The third-order valence-electron chi connectivity index (χ3n) is 2.02. The van der Waals surface area contributed by atoms with Crippen molar-refractivity contribution in [3.63, 3.8) is 0 Å². The van der Waals surface area contributed by atoms with Crippen molar-refractivity contribution in [2.24, 2.45) is 0 Å². The second-order valence-electron chi connectivity index (χ2n) is 3.70. The van der Waals surface area contributed by atoms with Gasteiger partial charge in [-0.1, -0.05) is 0 Å². The zero-order chi connectivity index (χ0) is 11.5. The average Bonchev–Trinajstić information content (AvgIpc) is 2.49. The van der Waals surface area contributed by atoms with Crippen molar-refractivity contribution >= 4 is 5.97 Å². The van der Waals surface area contributed by atoms with Gasteiger partial charge in [-0.2, -0.15) is 0 Å². The highest BCUT2D eigenvalue weighted by Crippen LogP contribution is 2.28. The van der Waals surface area contributed by atoms with Gasteiger partial charge < -0.3 is 19.3 Å². The molecule has 1 fully saturated rings. The number of aliphatic hydroxyl groups excluding tert-OH is 1. The largest absolute Gasteiger partial charge is 0.466 e. The van der Waals surface area contributed by atoms with Gasteiger partial charge in [0, 0.05) is 6.08 Å². The molecule has 5 nitrogen and oxygen atoms in total. The van der Waals surface area contributed by atoms with Crippen LogP contribution in [0, 0.1) is 0 Å². The van der Waals surface area contributed by atoms with Gasteiger partial charge in [0.05, 0.1) is 13.7 Å². The van der Waals surface area contributed by atoms with Crippen molar-refractivity contribution in [2.45, 2.75) is 31.8 Å². The Balaban J connectivity index is 2.61. The Morgan fingerprint density at radius 1 is 1.53 bits per heavy atom. The van der Waals surface area contributed by atoms with Crippen LogP contribution in [0.3, 0.4) is 0 Å². The summed E-state index contributed by atoms with van der Waals surface area (Å²) in [6, 6.07) is 0. The molecule has 1 saturated heterocycles. The molecule has 5 heteroatoms. The Morgan fingerprint density at radius 3 is 2.73 bits per heavy atom. The summed E-state index contributed by atoms with van der Waals surface area (Å²) < 4.78 is 15.3. The van der Waals surface area contributed by atoms with E-state index in [9.17, 15) is 4.79 Å². The highest BCUT2D eigenvalue weighted by atomic mass is 16.8. The van der Waals surface area contributed by atoms with Gasteiger partial charge in [-0.05, 0) is 19.9 Å². The van der Waals surface area contributed by atoms with E-state index in [1.165, 1.54) is 19.3 Å². The Hall–Kier alpha value is -0.910. The molecule has 1 aliphatic rings. The summed E-state index contributed by atoms with van der Waals surface area (Å²) in [6.07, 6.45) is 1.92. The van der Waals surface area contributed by atoms with Gasteiger partial charge in [-0.25, -0.2) is 4.79 Å². The fourth-order valence-electron chi connectivity index (χ4n) is 1.41. The van der Waals surface area contributed by atoms with Crippen molar-refractivity contribution in [2.75, 3.05) is 13.7 Å². The van der Waals surface area contributed by atoms with E-state index >= 15 is 0 Å². The molecule has 0 aromatic carbocycles. The summed E-state index contributed by atoms with van der Waals surface area (Å²) in [4.78, 5) is 10.9. The zero-order valence-corrected chi connectivity index (χ0v) is 9.10. The van der Waals surface area contributed by atoms with E-state index in [0.717, 1.165) is 0 Å². The molecule has 0 aliphatic carbocycles. The lowest BCUT2D eigenvalue weighted by Crippen LogP contribution is -2.24.